The molecule has 0 spiro atoms. The number of aromatic carboxylic acids is 1. The molecule has 2 aromatic carbocycles. The van der Waals surface area contributed by atoms with Crippen molar-refractivity contribution in [2.24, 2.45) is 0 Å². The highest BCUT2D eigenvalue weighted by atomic mass is 16.4. The summed E-state index contributed by atoms with van der Waals surface area (Å²) in [7, 11) is 0. The number of fused-ring (bicyclic) bond motifs is 5. The molecule has 1 saturated carbocycles. The number of carboxylic acid groups (broad SMARTS) is 1. The summed E-state index contributed by atoms with van der Waals surface area (Å²) < 4.78 is 7.74. The lowest BCUT2D eigenvalue weighted by molar-refractivity contribution is 0.0697. The van der Waals surface area contributed by atoms with Crippen molar-refractivity contribution in [3.05, 3.63) is 83.3 Å². The van der Waals surface area contributed by atoms with Crippen LogP contribution >= 0.6 is 0 Å². The van der Waals surface area contributed by atoms with E-state index in [-0.39, 0.29) is 0 Å². The van der Waals surface area contributed by atoms with Gasteiger partial charge >= 0.3 is 5.97 Å². The Morgan fingerprint density at radius 2 is 1.88 bits per heavy atom. The van der Waals surface area contributed by atoms with E-state index in [1.54, 1.807) is 18.6 Å². The normalized spacial score (nSPS) is 16.3. The first-order chi connectivity index (χ1) is 15.7. The Balaban J connectivity index is 1.69. The maximum absolute atomic E-state index is 11.8. The van der Waals surface area contributed by atoms with Crippen LogP contribution in [0.4, 0.5) is 0 Å². The predicted octanol–water partition coefficient (Wildman–Crippen LogP) is 7.20. The van der Waals surface area contributed by atoms with Gasteiger partial charge in [-0.15, -0.1) is 0 Å². The molecule has 0 saturated heterocycles. The van der Waals surface area contributed by atoms with Gasteiger partial charge in [0.2, 0.25) is 0 Å². The van der Waals surface area contributed by atoms with Gasteiger partial charge in [0, 0.05) is 28.6 Å². The van der Waals surface area contributed by atoms with E-state index in [0.717, 1.165) is 16.7 Å². The minimum atomic E-state index is -0.888. The largest absolute Gasteiger partial charge is 0.478 e. The molecule has 4 nitrogen and oxygen atoms in total. The second-order valence-corrected chi connectivity index (χ2v) is 8.99. The van der Waals surface area contributed by atoms with Gasteiger partial charge in [0.1, 0.15) is 0 Å². The van der Waals surface area contributed by atoms with Gasteiger partial charge in [-0.25, -0.2) is 4.79 Å². The number of rotatable bonds is 3. The van der Waals surface area contributed by atoms with Crippen molar-refractivity contribution in [1.82, 2.24) is 4.57 Å². The molecule has 0 bridgehead atoms. The zero-order chi connectivity index (χ0) is 21.7. The van der Waals surface area contributed by atoms with Gasteiger partial charge in [-0.05, 0) is 59.7 Å². The SMILES string of the molecule is O=C(O)c1ccc2c(C3CCCCC3)c3n(c2c1)CC(c1ccoc1)=Cc1ccccc1-3. The summed E-state index contributed by atoms with van der Waals surface area (Å²) in [4.78, 5) is 11.8. The van der Waals surface area contributed by atoms with Gasteiger partial charge in [0.05, 0.1) is 23.8 Å². The maximum Gasteiger partial charge on any atom is 0.335 e. The molecular formula is C28H25NO3. The molecule has 1 aliphatic heterocycles. The highest BCUT2D eigenvalue weighted by Crippen LogP contribution is 2.47. The van der Waals surface area contributed by atoms with E-state index < -0.39 is 5.97 Å². The predicted molar refractivity (Wildman–Crippen MR) is 127 cm³/mol. The second-order valence-electron chi connectivity index (χ2n) is 8.99. The first-order valence-electron chi connectivity index (χ1n) is 11.4. The molecule has 1 N–H and O–H groups in total. The van der Waals surface area contributed by atoms with E-state index in [2.05, 4.69) is 34.9 Å². The standard InChI is InChI=1S/C28H25NO3/c30-28(31)20-10-11-24-25(15-20)29-16-22(21-12-13-32-17-21)14-19-8-4-5-9-23(19)27(29)26(24)18-6-2-1-3-7-18/h4-5,8-15,17-18H,1-3,6-7,16H2,(H,30,31). The molecule has 4 heteroatoms. The summed E-state index contributed by atoms with van der Waals surface area (Å²) in [6.07, 6.45) is 11.9. The number of carbonyl (C=O) groups is 1. The maximum atomic E-state index is 11.8. The molecule has 160 valence electrons. The van der Waals surface area contributed by atoms with Crippen LogP contribution in [-0.4, -0.2) is 15.6 Å². The number of hydrogen-bond donors (Lipinski definition) is 1. The Hall–Kier alpha value is -3.53. The summed E-state index contributed by atoms with van der Waals surface area (Å²) >= 11 is 0. The Kier molecular flexibility index (Phi) is 4.53. The third-order valence-corrected chi connectivity index (χ3v) is 7.13. The van der Waals surface area contributed by atoms with Crippen LogP contribution < -0.4 is 0 Å². The number of allylic oxidation sites excluding steroid dienone is 1. The fourth-order valence-corrected chi connectivity index (χ4v) is 5.63. The molecule has 3 heterocycles. The van der Waals surface area contributed by atoms with Crippen molar-refractivity contribution in [1.29, 1.82) is 0 Å². The summed E-state index contributed by atoms with van der Waals surface area (Å²) in [5.41, 5.74) is 8.62. The van der Waals surface area contributed by atoms with Gasteiger partial charge < -0.3 is 14.1 Å². The molecule has 6 rings (SSSR count). The first-order valence-corrected chi connectivity index (χ1v) is 11.4. The van der Waals surface area contributed by atoms with Crippen molar-refractivity contribution in [2.45, 2.75) is 44.6 Å². The van der Waals surface area contributed by atoms with Crippen LogP contribution in [0.25, 0.3) is 33.8 Å². The minimum absolute atomic E-state index is 0.333. The molecular weight excluding hydrogens is 398 g/mol. The highest BCUT2D eigenvalue weighted by Gasteiger charge is 2.29. The Bertz CT molecular complexity index is 1350. The quantitative estimate of drug-likeness (QED) is 0.379. The van der Waals surface area contributed by atoms with Crippen molar-refractivity contribution < 1.29 is 14.3 Å². The van der Waals surface area contributed by atoms with Crippen LogP contribution in [0.5, 0.6) is 0 Å². The average Bonchev–Trinajstić information content (AvgIpc) is 3.42. The Morgan fingerprint density at radius 3 is 2.66 bits per heavy atom. The van der Waals surface area contributed by atoms with Gasteiger partial charge in [-0.2, -0.15) is 0 Å². The average molecular weight is 424 g/mol. The van der Waals surface area contributed by atoms with E-state index in [1.165, 1.54) is 59.9 Å². The lowest BCUT2D eigenvalue weighted by atomic mass is 9.81. The topological polar surface area (TPSA) is 55.4 Å². The van der Waals surface area contributed by atoms with E-state index in [0.29, 0.717) is 18.0 Å². The van der Waals surface area contributed by atoms with Crippen LogP contribution in [0.1, 0.15) is 65.1 Å². The Morgan fingerprint density at radius 1 is 1.03 bits per heavy atom. The van der Waals surface area contributed by atoms with E-state index in [4.69, 9.17) is 4.42 Å². The zero-order valence-electron chi connectivity index (χ0n) is 17.9. The number of carboxylic acids is 1. The lowest BCUT2D eigenvalue weighted by Gasteiger charge is -2.24. The Labute approximate surface area is 186 Å². The van der Waals surface area contributed by atoms with E-state index in [9.17, 15) is 9.90 Å². The lowest BCUT2D eigenvalue weighted by Crippen LogP contribution is -2.07. The van der Waals surface area contributed by atoms with Crippen molar-refractivity contribution in [3.63, 3.8) is 0 Å². The molecule has 0 amide bonds. The van der Waals surface area contributed by atoms with E-state index >= 15 is 0 Å². The van der Waals surface area contributed by atoms with Crippen molar-refractivity contribution in [3.8, 4) is 11.3 Å². The van der Waals surface area contributed by atoms with Crippen molar-refractivity contribution >= 4 is 28.5 Å². The van der Waals surface area contributed by atoms with Crippen LogP contribution in [-0.2, 0) is 6.54 Å². The third kappa shape index (κ3) is 3.01. The van der Waals surface area contributed by atoms with Crippen LogP contribution in [0.3, 0.4) is 0 Å². The molecule has 32 heavy (non-hydrogen) atoms. The molecule has 4 aromatic rings. The smallest absolute Gasteiger partial charge is 0.335 e. The highest BCUT2D eigenvalue weighted by molar-refractivity contribution is 6.01. The third-order valence-electron chi connectivity index (χ3n) is 7.13. The first kappa shape index (κ1) is 19.2. The number of benzene rings is 2. The fraction of sp³-hybridized carbons (Fsp3) is 0.250. The van der Waals surface area contributed by atoms with Gasteiger partial charge in [-0.3, -0.25) is 0 Å². The molecule has 0 unspecified atom stereocenters. The van der Waals surface area contributed by atoms with Gasteiger partial charge in [-0.1, -0.05) is 49.6 Å². The van der Waals surface area contributed by atoms with Gasteiger partial charge in [0.25, 0.3) is 0 Å². The van der Waals surface area contributed by atoms with Gasteiger partial charge in [0.15, 0.2) is 0 Å². The number of nitrogens with zero attached hydrogens (tertiary/aromatic N) is 1. The van der Waals surface area contributed by atoms with Crippen LogP contribution in [0.15, 0.2) is 65.5 Å². The molecule has 0 radical (unpaired) electrons. The van der Waals surface area contributed by atoms with E-state index in [1.807, 2.05) is 18.2 Å². The minimum Gasteiger partial charge on any atom is -0.478 e. The summed E-state index contributed by atoms with van der Waals surface area (Å²) in [5, 5.41) is 10.9. The monoisotopic (exact) mass is 423 g/mol. The molecule has 0 atom stereocenters. The fourth-order valence-electron chi connectivity index (χ4n) is 5.63. The molecule has 2 aromatic heterocycles. The second kappa shape index (κ2) is 7.56. The summed E-state index contributed by atoms with van der Waals surface area (Å²) in [5.74, 6) is -0.386. The number of aromatic nitrogens is 1. The van der Waals surface area contributed by atoms with Crippen molar-refractivity contribution in [2.75, 3.05) is 0 Å². The van der Waals surface area contributed by atoms with Crippen LogP contribution in [0, 0.1) is 0 Å². The molecule has 2 aliphatic rings. The molecule has 1 aliphatic carbocycles. The number of hydrogen-bond acceptors (Lipinski definition) is 2. The molecule has 1 fully saturated rings. The summed E-state index contributed by atoms with van der Waals surface area (Å²) in [6.45, 7) is 0.676. The number of furan rings is 1. The van der Waals surface area contributed by atoms with Crippen LogP contribution in [0.2, 0.25) is 0 Å². The summed E-state index contributed by atoms with van der Waals surface area (Å²) in [6, 6.07) is 16.2. The zero-order valence-corrected chi connectivity index (χ0v) is 17.9.